The lowest BCUT2D eigenvalue weighted by atomic mass is 9.80. The summed E-state index contributed by atoms with van der Waals surface area (Å²) in [5.41, 5.74) is 3.73. The van der Waals surface area contributed by atoms with Crippen LogP contribution in [0.25, 0.3) is 0 Å². The minimum Gasteiger partial charge on any atom is -0.385 e. The molecule has 230 valence electrons. The molecule has 1 aliphatic heterocycles. The molecule has 2 N–H and O–H groups in total. The Balaban J connectivity index is 1.35. The van der Waals surface area contributed by atoms with Gasteiger partial charge in [0.15, 0.2) is 6.29 Å². The molecule has 1 aliphatic rings. The molecule has 6 rings (SSSR count). The third-order valence-electron chi connectivity index (χ3n) is 8.21. The van der Waals surface area contributed by atoms with E-state index in [1.807, 2.05) is 115 Å². The van der Waals surface area contributed by atoms with Gasteiger partial charge in [-0.05, 0) is 27.8 Å². The minimum absolute atomic E-state index is 0.0348. The number of hydrogen-bond acceptors (Lipinski definition) is 6. The maximum absolute atomic E-state index is 11.1. The Morgan fingerprint density at radius 1 is 0.511 bits per heavy atom. The predicted molar refractivity (Wildman–Crippen MR) is 172 cm³/mol. The Morgan fingerprint density at radius 3 is 1.31 bits per heavy atom. The number of ether oxygens (including phenoxy) is 4. The first-order valence-electron chi connectivity index (χ1n) is 15.3. The second-order valence-corrected chi connectivity index (χ2v) is 11.2. The van der Waals surface area contributed by atoms with Crippen LogP contribution in [-0.4, -0.2) is 47.5 Å². The molecule has 45 heavy (non-hydrogen) atoms. The van der Waals surface area contributed by atoms with Crippen LogP contribution in [0.2, 0.25) is 0 Å². The fraction of sp³-hybridized carbons (Fsp3) is 0.231. The zero-order valence-electron chi connectivity index (χ0n) is 25.0. The Labute approximate surface area is 264 Å². The standard InChI is InChI=1S/C39H38O6/c40-35-37(43-27-30-18-8-2-9-19-30)36(42-26-29-16-6-1-7-17-29)34(45-38(35)41)28-44-39(31-20-10-3-11-21-31,32-22-12-4-13-23-32)33-24-14-5-15-25-33/h1-25,34-38,40-41H,26-28H2/t34-,35-,36-,37-,38?/m1/s1. The molecule has 5 atom stereocenters. The highest BCUT2D eigenvalue weighted by Crippen LogP contribution is 2.41. The van der Waals surface area contributed by atoms with Crippen LogP contribution >= 0.6 is 0 Å². The molecule has 1 unspecified atom stereocenters. The smallest absolute Gasteiger partial charge is 0.184 e. The van der Waals surface area contributed by atoms with Crippen LogP contribution in [0.5, 0.6) is 0 Å². The van der Waals surface area contributed by atoms with Crippen molar-refractivity contribution >= 4 is 0 Å². The van der Waals surface area contributed by atoms with Crippen molar-refractivity contribution in [1.82, 2.24) is 0 Å². The van der Waals surface area contributed by atoms with Crippen LogP contribution in [0, 0.1) is 0 Å². The van der Waals surface area contributed by atoms with E-state index in [4.69, 9.17) is 18.9 Å². The Kier molecular flexibility index (Phi) is 10.1. The quantitative estimate of drug-likeness (QED) is 0.165. The highest BCUT2D eigenvalue weighted by molar-refractivity contribution is 5.47. The van der Waals surface area contributed by atoms with Crippen LogP contribution in [0.1, 0.15) is 27.8 Å². The Bertz CT molecular complexity index is 1470. The lowest BCUT2D eigenvalue weighted by Gasteiger charge is -2.44. The molecule has 0 bridgehead atoms. The molecular weight excluding hydrogens is 564 g/mol. The largest absolute Gasteiger partial charge is 0.385 e. The first kappa shape index (κ1) is 30.9. The van der Waals surface area contributed by atoms with E-state index in [1.54, 1.807) is 0 Å². The minimum atomic E-state index is -1.49. The van der Waals surface area contributed by atoms with Gasteiger partial charge in [0.05, 0.1) is 19.8 Å². The summed E-state index contributed by atoms with van der Waals surface area (Å²) >= 11 is 0. The first-order valence-corrected chi connectivity index (χ1v) is 15.3. The molecule has 0 radical (unpaired) electrons. The fourth-order valence-corrected chi connectivity index (χ4v) is 5.94. The van der Waals surface area contributed by atoms with Crippen LogP contribution in [0.3, 0.4) is 0 Å². The zero-order chi connectivity index (χ0) is 30.9. The van der Waals surface area contributed by atoms with Gasteiger partial charge < -0.3 is 29.2 Å². The summed E-state index contributed by atoms with van der Waals surface area (Å²) in [6, 6.07) is 49.7. The molecule has 0 aliphatic carbocycles. The Hall–Kier alpha value is -4.14. The van der Waals surface area contributed by atoms with Gasteiger partial charge in [-0.25, -0.2) is 0 Å². The molecular formula is C39H38O6. The van der Waals surface area contributed by atoms with Crippen molar-refractivity contribution in [2.24, 2.45) is 0 Å². The molecule has 1 heterocycles. The number of rotatable bonds is 12. The van der Waals surface area contributed by atoms with Gasteiger partial charge in [-0.1, -0.05) is 152 Å². The summed E-state index contributed by atoms with van der Waals surface area (Å²) in [6.07, 6.45) is -5.23. The van der Waals surface area contributed by atoms with E-state index in [9.17, 15) is 10.2 Å². The van der Waals surface area contributed by atoms with Gasteiger partial charge in [-0.2, -0.15) is 0 Å². The average molecular weight is 603 g/mol. The third-order valence-corrected chi connectivity index (χ3v) is 8.21. The first-order chi connectivity index (χ1) is 22.1. The highest BCUT2D eigenvalue weighted by Gasteiger charge is 2.48. The summed E-state index contributed by atoms with van der Waals surface area (Å²) in [6.45, 7) is 0.531. The molecule has 1 saturated heterocycles. The maximum atomic E-state index is 11.1. The normalized spacial score (nSPS) is 21.8. The average Bonchev–Trinajstić information content (AvgIpc) is 3.11. The molecule has 1 fully saturated rings. The molecule has 0 amide bonds. The van der Waals surface area contributed by atoms with Crippen molar-refractivity contribution in [1.29, 1.82) is 0 Å². The molecule has 6 heteroatoms. The van der Waals surface area contributed by atoms with Gasteiger partial charge in [0.1, 0.15) is 30.0 Å². The van der Waals surface area contributed by atoms with Gasteiger partial charge in [0, 0.05) is 0 Å². The molecule has 0 spiro atoms. The van der Waals surface area contributed by atoms with Crippen LogP contribution in [0.15, 0.2) is 152 Å². The van der Waals surface area contributed by atoms with Crippen molar-refractivity contribution in [2.45, 2.75) is 49.5 Å². The SMILES string of the molecule is OC1O[C@H](COC(c2ccccc2)(c2ccccc2)c2ccccc2)[C@@H](OCc2ccccc2)[C@H](OCc2ccccc2)[C@H]1O. The predicted octanol–water partition coefficient (Wildman–Crippen LogP) is 6.24. The van der Waals surface area contributed by atoms with Crippen molar-refractivity contribution < 1.29 is 29.2 Å². The molecule has 6 nitrogen and oxygen atoms in total. The zero-order valence-corrected chi connectivity index (χ0v) is 25.0. The fourth-order valence-electron chi connectivity index (χ4n) is 5.94. The summed E-state index contributed by atoms with van der Waals surface area (Å²) in [4.78, 5) is 0. The van der Waals surface area contributed by atoms with E-state index in [-0.39, 0.29) is 19.8 Å². The summed E-state index contributed by atoms with van der Waals surface area (Å²) < 4.78 is 25.9. The van der Waals surface area contributed by atoms with E-state index in [0.29, 0.717) is 0 Å². The van der Waals surface area contributed by atoms with Crippen molar-refractivity contribution in [3.63, 3.8) is 0 Å². The van der Waals surface area contributed by atoms with E-state index < -0.39 is 36.3 Å². The van der Waals surface area contributed by atoms with Gasteiger partial charge >= 0.3 is 0 Å². The van der Waals surface area contributed by atoms with Crippen molar-refractivity contribution in [2.75, 3.05) is 6.61 Å². The second-order valence-electron chi connectivity index (χ2n) is 11.2. The second kappa shape index (κ2) is 14.8. The molecule has 5 aromatic rings. The van der Waals surface area contributed by atoms with Gasteiger partial charge in [-0.15, -0.1) is 0 Å². The van der Waals surface area contributed by atoms with E-state index >= 15 is 0 Å². The number of aliphatic hydroxyl groups excluding tert-OH is 2. The topological polar surface area (TPSA) is 77.4 Å². The molecule has 0 saturated carbocycles. The van der Waals surface area contributed by atoms with Gasteiger partial charge in [-0.3, -0.25) is 0 Å². The van der Waals surface area contributed by atoms with E-state index in [1.165, 1.54) is 0 Å². The molecule has 5 aromatic carbocycles. The van der Waals surface area contributed by atoms with Crippen molar-refractivity contribution in [3.05, 3.63) is 179 Å². The summed E-state index contributed by atoms with van der Waals surface area (Å²) in [5.74, 6) is 0. The van der Waals surface area contributed by atoms with E-state index in [0.717, 1.165) is 27.8 Å². The van der Waals surface area contributed by atoms with Crippen LogP contribution in [0.4, 0.5) is 0 Å². The van der Waals surface area contributed by atoms with Crippen LogP contribution in [-0.2, 0) is 37.8 Å². The third kappa shape index (κ3) is 7.08. The van der Waals surface area contributed by atoms with Gasteiger partial charge in [0.25, 0.3) is 0 Å². The Morgan fingerprint density at radius 2 is 0.889 bits per heavy atom. The number of hydrogen-bond donors (Lipinski definition) is 2. The molecule has 0 aromatic heterocycles. The lowest BCUT2D eigenvalue weighted by molar-refractivity contribution is -0.309. The van der Waals surface area contributed by atoms with Gasteiger partial charge in [0.2, 0.25) is 0 Å². The number of benzene rings is 5. The lowest BCUT2D eigenvalue weighted by Crippen LogP contribution is -2.60. The number of aliphatic hydroxyl groups is 2. The monoisotopic (exact) mass is 602 g/mol. The highest BCUT2D eigenvalue weighted by atomic mass is 16.7. The maximum Gasteiger partial charge on any atom is 0.184 e. The van der Waals surface area contributed by atoms with Crippen molar-refractivity contribution in [3.8, 4) is 0 Å². The summed E-state index contributed by atoms with van der Waals surface area (Å²) in [5, 5.41) is 22.1. The summed E-state index contributed by atoms with van der Waals surface area (Å²) in [7, 11) is 0. The van der Waals surface area contributed by atoms with Crippen LogP contribution < -0.4 is 0 Å². The van der Waals surface area contributed by atoms with E-state index in [2.05, 4.69) is 36.4 Å².